The molecule has 0 aliphatic carbocycles. The van der Waals surface area contributed by atoms with Crippen LogP contribution in [0.15, 0.2) is 40.9 Å². The molecule has 0 aromatic heterocycles. The van der Waals surface area contributed by atoms with E-state index in [0.717, 1.165) is 16.8 Å². The maximum atomic E-state index is 12.9. The van der Waals surface area contributed by atoms with E-state index < -0.39 is 0 Å². The van der Waals surface area contributed by atoms with Crippen molar-refractivity contribution in [3.05, 3.63) is 57.8 Å². The molecule has 2 aromatic rings. The van der Waals surface area contributed by atoms with Gasteiger partial charge in [-0.25, -0.2) is 4.39 Å². The summed E-state index contributed by atoms with van der Waals surface area (Å²) < 4.78 is 13.6. The van der Waals surface area contributed by atoms with E-state index >= 15 is 0 Å². The predicted molar refractivity (Wildman–Crippen MR) is 74.3 cm³/mol. The minimum atomic E-state index is -0.286. The van der Waals surface area contributed by atoms with Gasteiger partial charge in [-0.3, -0.25) is 0 Å². The van der Waals surface area contributed by atoms with E-state index in [2.05, 4.69) is 21.2 Å². The molecule has 0 fully saturated rings. The van der Waals surface area contributed by atoms with Crippen LogP contribution in [0.3, 0.4) is 0 Å². The molecule has 4 heteroatoms. The van der Waals surface area contributed by atoms with Crippen molar-refractivity contribution < 1.29 is 9.50 Å². The zero-order chi connectivity index (χ0) is 13.1. The van der Waals surface area contributed by atoms with Gasteiger partial charge in [-0.15, -0.1) is 0 Å². The molecular formula is C14H13BrFNO. The van der Waals surface area contributed by atoms with Gasteiger partial charge in [0.2, 0.25) is 0 Å². The first-order chi connectivity index (χ1) is 8.56. The molecule has 0 amide bonds. The van der Waals surface area contributed by atoms with E-state index in [9.17, 15) is 9.50 Å². The third kappa shape index (κ3) is 3.01. The van der Waals surface area contributed by atoms with E-state index in [1.807, 2.05) is 19.1 Å². The Morgan fingerprint density at radius 1 is 1.22 bits per heavy atom. The summed E-state index contributed by atoms with van der Waals surface area (Å²) >= 11 is 3.29. The highest BCUT2D eigenvalue weighted by atomic mass is 79.9. The quantitative estimate of drug-likeness (QED) is 0.890. The van der Waals surface area contributed by atoms with Crippen molar-refractivity contribution >= 4 is 21.6 Å². The van der Waals surface area contributed by atoms with Crippen molar-refractivity contribution in [1.82, 2.24) is 0 Å². The molecule has 0 saturated carbocycles. The van der Waals surface area contributed by atoms with E-state index in [4.69, 9.17) is 0 Å². The van der Waals surface area contributed by atoms with Crippen LogP contribution >= 0.6 is 15.9 Å². The van der Waals surface area contributed by atoms with Gasteiger partial charge in [-0.05, 0) is 47.1 Å². The molecular weight excluding hydrogens is 297 g/mol. The van der Waals surface area contributed by atoms with E-state index in [-0.39, 0.29) is 11.6 Å². The normalized spacial score (nSPS) is 10.4. The van der Waals surface area contributed by atoms with Crippen molar-refractivity contribution in [3.63, 3.8) is 0 Å². The number of halogens is 2. The maximum absolute atomic E-state index is 12.9. The minimum Gasteiger partial charge on any atom is -0.508 e. The molecule has 0 bridgehead atoms. The molecule has 0 radical (unpaired) electrons. The number of benzene rings is 2. The Kier molecular flexibility index (Phi) is 3.87. The molecule has 0 atom stereocenters. The van der Waals surface area contributed by atoms with Crippen LogP contribution in [-0.4, -0.2) is 5.11 Å². The Morgan fingerprint density at radius 3 is 2.72 bits per heavy atom. The number of hydrogen-bond donors (Lipinski definition) is 2. The smallest absolute Gasteiger partial charge is 0.124 e. The summed E-state index contributed by atoms with van der Waals surface area (Å²) in [6, 6.07) is 9.90. The molecule has 94 valence electrons. The number of nitrogens with one attached hydrogen (secondary N) is 1. The van der Waals surface area contributed by atoms with Gasteiger partial charge in [-0.1, -0.05) is 17.7 Å². The summed E-state index contributed by atoms with van der Waals surface area (Å²) in [4.78, 5) is 0. The second-order valence-corrected chi connectivity index (χ2v) is 4.96. The van der Waals surface area contributed by atoms with Gasteiger partial charge in [-0.2, -0.15) is 0 Å². The zero-order valence-electron chi connectivity index (χ0n) is 9.87. The fraction of sp³-hybridized carbons (Fsp3) is 0.143. The number of aromatic hydroxyl groups is 1. The molecule has 2 rings (SSSR count). The lowest BCUT2D eigenvalue weighted by Gasteiger charge is -2.10. The van der Waals surface area contributed by atoms with Gasteiger partial charge < -0.3 is 10.4 Å². The summed E-state index contributed by atoms with van der Waals surface area (Å²) in [6.07, 6.45) is 0. The molecule has 2 N–H and O–H groups in total. The molecule has 0 aliphatic rings. The highest BCUT2D eigenvalue weighted by Crippen LogP contribution is 2.25. The van der Waals surface area contributed by atoms with E-state index in [1.54, 1.807) is 12.1 Å². The Balaban J connectivity index is 2.13. The van der Waals surface area contributed by atoms with Crippen LogP contribution in [0, 0.1) is 12.7 Å². The SMILES string of the molecule is Cc1ccc(O)c(CNc2ccc(F)cc2Br)c1. The maximum Gasteiger partial charge on any atom is 0.124 e. The molecule has 0 unspecified atom stereocenters. The third-order valence-electron chi connectivity index (χ3n) is 2.64. The van der Waals surface area contributed by atoms with Crippen LogP contribution in [0.25, 0.3) is 0 Å². The number of hydrogen-bond acceptors (Lipinski definition) is 2. The van der Waals surface area contributed by atoms with Crippen LogP contribution < -0.4 is 5.32 Å². The fourth-order valence-corrected chi connectivity index (χ4v) is 2.17. The lowest BCUT2D eigenvalue weighted by atomic mass is 10.1. The van der Waals surface area contributed by atoms with Gasteiger partial charge in [0.25, 0.3) is 0 Å². The Hall–Kier alpha value is -1.55. The first kappa shape index (κ1) is 12.9. The number of anilines is 1. The minimum absolute atomic E-state index is 0.256. The van der Waals surface area contributed by atoms with Crippen LogP contribution in [0.4, 0.5) is 10.1 Å². The standard InChI is InChI=1S/C14H13BrFNO/c1-9-2-5-14(18)10(6-9)8-17-13-4-3-11(16)7-12(13)15/h2-7,17-18H,8H2,1H3. The lowest BCUT2D eigenvalue weighted by molar-refractivity contribution is 0.469. The topological polar surface area (TPSA) is 32.3 Å². The fourth-order valence-electron chi connectivity index (χ4n) is 1.68. The summed E-state index contributed by atoms with van der Waals surface area (Å²) in [5, 5.41) is 12.9. The van der Waals surface area contributed by atoms with E-state index in [1.165, 1.54) is 12.1 Å². The zero-order valence-corrected chi connectivity index (χ0v) is 11.5. The molecule has 2 aromatic carbocycles. The van der Waals surface area contributed by atoms with Gasteiger partial charge in [0.05, 0.1) is 0 Å². The summed E-state index contributed by atoms with van der Waals surface area (Å²) in [6.45, 7) is 2.45. The number of rotatable bonds is 3. The van der Waals surface area contributed by atoms with E-state index in [0.29, 0.717) is 11.0 Å². The second kappa shape index (κ2) is 5.40. The van der Waals surface area contributed by atoms with Crippen molar-refractivity contribution in [2.45, 2.75) is 13.5 Å². The second-order valence-electron chi connectivity index (χ2n) is 4.11. The highest BCUT2D eigenvalue weighted by molar-refractivity contribution is 9.10. The number of phenols is 1. The molecule has 0 spiro atoms. The van der Waals surface area contributed by atoms with Crippen molar-refractivity contribution in [2.75, 3.05) is 5.32 Å². The Morgan fingerprint density at radius 2 is 2.00 bits per heavy atom. The first-order valence-corrected chi connectivity index (χ1v) is 6.33. The number of phenolic OH excluding ortho intramolecular Hbond substituents is 1. The van der Waals surface area contributed by atoms with Crippen molar-refractivity contribution in [3.8, 4) is 5.75 Å². The third-order valence-corrected chi connectivity index (χ3v) is 3.29. The summed E-state index contributed by atoms with van der Waals surface area (Å²) in [5.74, 6) is -0.0304. The number of aryl methyl sites for hydroxylation is 1. The van der Waals surface area contributed by atoms with Gasteiger partial charge in [0.1, 0.15) is 11.6 Å². The van der Waals surface area contributed by atoms with Crippen molar-refractivity contribution in [1.29, 1.82) is 0 Å². The Bertz CT molecular complexity index is 572. The van der Waals surface area contributed by atoms with Crippen molar-refractivity contribution in [2.24, 2.45) is 0 Å². The van der Waals surface area contributed by atoms with Crippen LogP contribution in [0.5, 0.6) is 5.75 Å². The average Bonchev–Trinajstić information content (AvgIpc) is 2.32. The molecule has 0 aliphatic heterocycles. The van der Waals surface area contributed by atoms with Gasteiger partial charge in [0, 0.05) is 22.3 Å². The van der Waals surface area contributed by atoms with Crippen LogP contribution in [0.1, 0.15) is 11.1 Å². The van der Waals surface area contributed by atoms with Gasteiger partial charge >= 0.3 is 0 Å². The highest BCUT2D eigenvalue weighted by Gasteiger charge is 2.04. The molecule has 2 nitrogen and oxygen atoms in total. The summed E-state index contributed by atoms with van der Waals surface area (Å²) in [7, 11) is 0. The molecule has 0 heterocycles. The monoisotopic (exact) mass is 309 g/mol. The first-order valence-electron chi connectivity index (χ1n) is 5.53. The Labute approximate surface area is 114 Å². The van der Waals surface area contributed by atoms with Gasteiger partial charge in [0.15, 0.2) is 0 Å². The molecule has 0 saturated heterocycles. The summed E-state index contributed by atoms with van der Waals surface area (Å²) in [5.41, 5.74) is 2.69. The van der Waals surface area contributed by atoms with Crippen LogP contribution in [-0.2, 0) is 6.54 Å². The lowest BCUT2D eigenvalue weighted by Crippen LogP contribution is -2.01. The largest absolute Gasteiger partial charge is 0.508 e. The average molecular weight is 310 g/mol. The predicted octanol–water partition coefficient (Wildman–Crippen LogP) is 4.21. The van der Waals surface area contributed by atoms with Crippen LogP contribution in [0.2, 0.25) is 0 Å². The molecule has 18 heavy (non-hydrogen) atoms.